The average molecular weight is 396 g/mol. The molecule has 5 heteroatoms. The molecule has 2 nitrogen and oxygen atoms in total. The van der Waals surface area contributed by atoms with E-state index in [1.807, 2.05) is 6.33 Å². The zero-order valence-corrected chi connectivity index (χ0v) is 10.8. The highest BCUT2D eigenvalue weighted by molar-refractivity contribution is 14.1. The molecule has 0 fully saturated rings. The number of rotatable bonds is 3. The first-order valence-electron chi connectivity index (χ1n) is 3.18. The van der Waals surface area contributed by atoms with Gasteiger partial charge >= 0.3 is 0 Å². The Morgan fingerprint density at radius 2 is 2.27 bits per heavy atom. The maximum absolute atomic E-state index is 5.57. The Hall–Kier alpha value is 0.960. The Balaban J connectivity index is 2.63. The maximum atomic E-state index is 5.57. The van der Waals surface area contributed by atoms with E-state index in [0.29, 0.717) is 5.88 Å². The topological polar surface area (TPSA) is 17.8 Å². The second kappa shape index (κ2) is 4.86. The van der Waals surface area contributed by atoms with Gasteiger partial charge in [-0.15, -0.1) is 11.6 Å². The molecule has 11 heavy (non-hydrogen) atoms. The molecular weight excluding hydrogens is 389 g/mol. The van der Waals surface area contributed by atoms with Gasteiger partial charge in [-0.2, -0.15) is 0 Å². The van der Waals surface area contributed by atoms with E-state index >= 15 is 0 Å². The van der Waals surface area contributed by atoms with Crippen molar-refractivity contribution in [2.75, 3.05) is 5.88 Å². The van der Waals surface area contributed by atoms with E-state index in [9.17, 15) is 0 Å². The van der Waals surface area contributed by atoms with E-state index in [1.165, 1.54) is 3.70 Å². The van der Waals surface area contributed by atoms with Crippen molar-refractivity contribution < 1.29 is 0 Å². The van der Waals surface area contributed by atoms with Gasteiger partial charge in [0.2, 0.25) is 0 Å². The van der Waals surface area contributed by atoms with E-state index in [0.717, 1.165) is 16.7 Å². The molecule has 1 aromatic rings. The summed E-state index contributed by atoms with van der Waals surface area (Å²) >= 11 is 10.1. The fourth-order valence-electron chi connectivity index (χ4n) is 0.729. The van der Waals surface area contributed by atoms with Crippen molar-refractivity contribution in [2.24, 2.45) is 0 Å². The number of aryl methyl sites for hydroxylation is 1. The lowest BCUT2D eigenvalue weighted by Gasteiger charge is -2.00. The number of aromatic nitrogens is 2. The molecule has 0 aromatic carbocycles. The Morgan fingerprint density at radius 1 is 1.55 bits per heavy atom. The second-order valence-corrected chi connectivity index (χ2v) is 4.48. The van der Waals surface area contributed by atoms with Gasteiger partial charge in [-0.25, -0.2) is 4.98 Å². The molecule has 0 spiro atoms. The molecule has 0 aliphatic rings. The number of alkyl halides is 1. The van der Waals surface area contributed by atoms with Gasteiger partial charge in [-0.1, -0.05) is 0 Å². The fourth-order valence-corrected chi connectivity index (χ4v) is 1.79. The summed E-state index contributed by atoms with van der Waals surface area (Å²) in [6.45, 7) is 0.970. The lowest BCUT2D eigenvalue weighted by molar-refractivity contribution is 0.668. The molecule has 62 valence electrons. The van der Waals surface area contributed by atoms with Crippen molar-refractivity contribution in [3.63, 3.8) is 0 Å². The van der Waals surface area contributed by atoms with Crippen LogP contribution in [0.5, 0.6) is 0 Å². The highest BCUT2D eigenvalue weighted by Crippen LogP contribution is 2.13. The van der Waals surface area contributed by atoms with Crippen molar-refractivity contribution in [2.45, 2.75) is 13.0 Å². The average Bonchev–Trinajstić information content (AvgIpc) is 2.31. The fraction of sp³-hybridized carbons (Fsp3) is 0.500. The Bertz CT molecular complexity index is 236. The van der Waals surface area contributed by atoms with Gasteiger partial charge in [0.25, 0.3) is 0 Å². The summed E-state index contributed by atoms with van der Waals surface area (Å²) in [6.07, 6.45) is 2.86. The van der Waals surface area contributed by atoms with Crippen LogP contribution < -0.4 is 0 Å². The number of halogens is 3. The summed E-state index contributed by atoms with van der Waals surface area (Å²) in [5.41, 5.74) is 0. The number of nitrogens with zero attached hydrogens (tertiary/aromatic N) is 2. The van der Waals surface area contributed by atoms with Crippen LogP contribution in [-0.2, 0) is 6.54 Å². The molecule has 0 atom stereocenters. The van der Waals surface area contributed by atoms with Crippen LogP contribution in [-0.4, -0.2) is 15.4 Å². The first-order valence-corrected chi connectivity index (χ1v) is 5.87. The number of hydrogen-bond acceptors (Lipinski definition) is 1. The summed E-state index contributed by atoms with van der Waals surface area (Å²) in [4.78, 5) is 4.17. The summed E-state index contributed by atoms with van der Waals surface area (Å²) < 4.78 is 4.39. The summed E-state index contributed by atoms with van der Waals surface area (Å²) in [7, 11) is 0. The van der Waals surface area contributed by atoms with Gasteiger partial charge in [0.1, 0.15) is 7.40 Å². The van der Waals surface area contributed by atoms with Crippen molar-refractivity contribution in [1.82, 2.24) is 9.55 Å². The van der Waals surface area contributed by atoms with Crippen LogP contribution >= 0.6 is 56.8 Å². The Morgan fingerprint density at radius 3 is 2.73 bits per heavy atom. The predicted molar refractivity (Wildman–Crippen MR) is 63.0 cm³/mol. The Labute approximate surface area is 98.0 Å². The minimum Gasteiger partial charge on any atom is -0.325 e. The third-order valence-electron chi connectivity index (χ3n) is 1.27. The first kappa shape index (κ1) is 10.0. The molecular formula is C6H7ClI2N2. The summed E-state index contributed by atoms with van der Waals surface area (Å²) in [6, 6.07) is 0. The molecule has 0 aliphatic carbocycles. The maximum Gasteiger partial charge on any atom is 0.132 e. The summed E-state index contributed by atoms with van der Waals surface area (Å²) in [5, 5.41) is 0. The minimum absolute atomic E-state index is 0.713. The van der Waals surface area contributed by atoms with Crippen LogP contribution in [0.15, 0.2) is 6.33 Å². The smallest absolute Gasteiger partial charge is 0.132 e. The van der Waals surface area contributed by atoms with Gasteiger partial charge in [0.05, 0.1) is 6.33 Å². The van der Waals surface area contributed by atoms with Crippen LogP contribution in [0.1, 0.15) is 6.42 Å². The van der Waals surface area contributed by atoms with Crippen molar-refractivity contribution >= 4 is 56.8 Å². The molecule has 0 saturated carbocycles. The molecule has 0 saturated heterocycles. The van der Waals surface area contributed by atoms with Gasteiger partial charge in [0.15, 0.2) is 0 Å². The second-order valence-electron chi connectivity index (χ2n) is 2.06. The van der Waals surface area contributed by atoms with Gasteiger partial charge in [0, 0.05) is 12.4 Å². The molecule has 0 amide bonds. The van der Waals surface area contributed by atoms with Crippen molar-refractivity contribution in [3.8, 4) is 0 Å². The zero-order chi connectivity index (χ0) is 8.27. The monoisotopic (exact) mass is 396 g/mol. The molecule has 0 N–H and O–H groups in total. The van der Waals surface area contributed by atoms with Gasteiger partial charge in [-0.05, 0) is 51.6 Å². The molecule has 0 aliphatic heterocycles. The molecule has 1 rings (SSSR count). The van der Waals surface area contributed by atoms with Crippen LogP contribution in [0.25, 0.3) is 0 Å². The van der Waals surface area contributed by atoms with E-state index in [1.54, 1.807) is 0 Å². The normalized spacial score (nSPS) is 10.5. The lowest BCUT2D eigenvalue weighted by Crippen LogP contribution is -1.99. The highest BCUT2D eigenvalue weighted by Gasteiger charge is 2.02. The van der Waals surface area contributed by atoms with E-state index in [4.69, 9.17) is 11.6 Å². The predicted octanol–water partition coefficient (Wildman–Crippen LogP) is 2.72. The van der Waals surface area contributed by atoms with E-state index in [-0.39, 0.29) is 0 Å². The summed E-state index contributed by atoms with van der Waals surface area (Å²) in [5.74, 6) is 0.713. The highest BCUT2D eigenvalue weighted by atomic mass is 127. The lowest BCUT2D eigenvalue weighted by atomic mass is 10.5. The molecule has 1 aromatic heterocycles. The number of imidazole rings is 1. The van der Waals surface area contributed by atoms with Crippen LogP contribution in [0.3, 0.4) is 0 Å². The molecule has 0 bridgehead atoms. The molecule has 0 unspecified atom stereocenters. The third kappa shape index (κ3) is 2.73. The SMILES string of the molecule is ClCCCn1cnc(I)c1I. The van der Waals surface area contributed by atoms with Gasteiger partial charge in [-0.3, -0.25) is 0 Å². The van der Waals surface area contributed by atoms with Crippen molar-refractivity contribution in [3.05, 3.63) is 13.7 Å². The van der Waals surface area contributed by atoms with Crippen LogP contribution in [0, 0.1) is 7.40 Å². The van der Waals surface area contributed by atoms with Crippen LogP contribution in [0.4, 0.5) is 0 Å². The molecule has 1 heterocycles. The molecule has 0 radical (unpaired) electrons. The Kier molecular flexibility index (Phi) is 4.44. The van der Waals surface area contributed by atoms with Crippen LogP contribution in [0.2, 0.25) is 0 Å². The van der Waals surface area contributed by atoms with Gasteiger partial charge < -0.3 is 4.57 Å². The van der Waals surface area contributed by atoms with Crippen molar-refractivity contribution in [1.29, 1.82) is 0 Å². The first-order chi connectivity index (χ1) is 5.25. The zero-order valence-electron chi connectivity index (χ0n) is 5.73. The standard InChI is InChI=1S/C6H7ClI2N2/c7-2-1-3-11-4-10-5(8)6(11)9/h4H,1-3H2. The quantitative estimate of drug-likeness (QED) is 0.568. The minimum atomic E-state index is 0.713. The van der Waals surface area contributed by atoms with E-state index in [2.05, 4.69) is 54.7 Å². The number of hydrogen-bond donors (Lipinski definition) is 0. The van der Waals surface area contributed by atoms with E-state index < -0.39 is 0 Å². The largest absolute Gasteiger partial charge is 0.325 e. The third-order valence-corrected chi connectivity index (χ3v) is 4.48.